The molecule has 0 spiro atoms. The third kappa shape index (κ3) is 2.81. The summed E-state index contributed by atoms with van der Waals surface area (Å²) in [5.41, 5.74) is 8.40. The highest BCUT2D eigenvalue weighted by molar-refractivity contribution is 6.04. The van der Waals surface area contributed by atoms with E-state index in [2.05, 4.69) is 127 Å². The Morgan fingerprint density at radius 2 is 1.27 bits per heavy atom. The lowest BCUT2D eigenvalue weighted by molar-refractivity contribution is 0.415. The van der Waals surface area contributed by atoms with Gasteiger partial charge in [0, 0.05) is 29.2 Å². The zero-order valence-corrected chi connectivity index (χ0v) is 18.8. The average molecular weight is 428 g/mol. The van der Waals surface area contributed by atoms with Crippen molar-refractivity contribution >= 4 is 16.5 Å². The van der Waals surface area contributed by atoms with Crippen molar-refractivity contribution in [3.63, 3.8) is 0 Å². The van der Waals surface area contributed by atoms with E-state index in [1.54, 1.807) is 7.11 Å². The Hall–Kier alpha value is -4.04. The van der Waals surface area contributed by atoms with Crippen molar-refractivity contribution in [2.24, 2.45) is 7.05 Å². The van der Waals surface area contributed by atoms with Crippen LogP contribution < -0.4 is 4.74 Å². The molecule has 4 aromatic carbocycles. The Balaban J connectivity index is 1.80. The summed E-state index contributed by atoms with van der Waals surface area (Å²) >= 11 is 0. The molecule has 5 aromatic rings. The Labute approximate surface area is 194 Å². The van der Waals surface area contributed by atoms with E-state index in [9.17, 15) is 0 Å². The van der Waals surface area contributed by atoms with Gasteiger partial charge in [-0.25, -0.2) is 0 Å². The highest BCUT2D eigenvalue weighted by Gasteiger charge is 2.45. The topological polar surface area (TPSA) is 14.2 Å². The molecule has 0 amide bonds. The number of rotatable bonds is 4. The highest BCUT2D eigenvalue weighted by Crippen LogP contribution is 2.54. The molecule has 1 aliphatic rings. The van der Waals surface area contributed by atoms with Gasteiger partial charge in [-0.2, -0.15) is 0 Å². The van der Waals surface area contributed by atoms with Gasteiger partial charge in [-0.3, -0.25) is 0 Å². The molecule has 0 saturated carbocycles. The number of methoxy groups -OCH3 is 1. The summed E-state index contributed by atoms with van der Waals surface area (Å²) in [6.07, 6.45) is 2.47. The zero-order valence-electron chi connectivity index (χ0n) is 18.8. The number of hydrogen-bond acceptors (Lipinski definition) is 1. The quantitative estimate of drug-likeness (QED) is 0.302. The number of hydrogen-bond donors (Lipinski definition) is 0. The summed E-state index contributed by atoms with van der Waals surface area (Å²) < 4.78 is 8.00. The van der Waals surface area contributed by atoms with Crippen LogP contribution in [0, 0.1) is 0 Å². The maximum Gasteiger partial charge on any atom is 0.119 e. The number of ether oxygens (including phenoxy) is 1. The molecule has 6 rings (SSSR count). The Kier molecular flexibility index (Phi) is 4.48. The van der Waals surface area contributed by atoms with Gasteiger partial charge >= 0.3 is 0 Å². The number of fused-ring (bicyclic) bond motifs is 3. The van der Waals surface area contributed by atoms with Crippen LogP contribution in [0.4, 0.5) is 0 Å². The largest absolute Gasteiger partial charge is 0.497 e. The molecule has 0 N–H and O–H groups in total. The predicted molar refractivity (Wildman–Crippen MR) is 136 cm³/mol. The number of nitrogens with zero attached hydrogens (tertiary/aromatic N) is 1. The van der Waals surface area contributed by atoms with E-state index >= 15 is 0 Å². The van der Waals surface area contributed by atoms with Gasteiger partial charge in [0.2, 0.25) is 0 Å². The summed E-state index contributed by atoms with van der Waals surface area (Å²) in [5, 5.41) is 1.22. The van der Waals surface area contributed by atoms with Crippen molar-refractivity contribution in [1.82, 2.24) is 4.57 Å². The number of allylic oxidation sites excluding steroid dienone is 1. The summed E-state index contributed by atoms with van der Waals surface area (Å²) in [5.74, 6) is 0.875. The summed E-state index contributed by atoms with van der Waals surface area (Å²) in [4.78, 5) is 0. The molecule has 0 fully saturated rings. The van der Waals surface area contributed by atoms with Crippen LogP contribution in [0.25, 0.3) is 16.5 Å². The van der Waals surface area contributed by atoms with Crippen molar-refractivity contribution in [2.45, 2.75) is 5.41 Å². The Morgan fingerprint density at radius 1 is 0.697 bits per heavy atom. The van der Waals surface area contributed by atoms with E-state index in [4.69, 9.17) is 4.74 Å². The van der Waals surface area contributed by atoms with Gasteiger partial charge in [0.25, 0.3) is 0 Å². The first-order chi connectivity index (χ1) is 16.2. The number of aromatic nitrogens is 1. The predicted octanol–water partition coefficient (Wildman–Crippen LogP) is 6.97. The highest BCUT2D eigenvalue weighted by atomic mass is 16.5. The molecule has 1 aromatic heterocycles. The van der Waals surface area contributed by atoms with Crippen LogP contribution in [0.2, 0.25) is 0 Å². The minimum Gasteiger partial charge on any atom is -0.497 e. The molecular formula is C31H25NO. The molecule has 0 unspecified atom stereocenters. The zero-order chi connectivity index (χ0) is 22.4. The van der Waals surface area contributed by atoms with E-state index in [1.807, 2.05) is 0 Å². The summed E-state index contributed by atoms with van der Waals surface area (Å²) in [7, 11) is 3.92. The molecule has 1 heterocycles. The molecule has 0 saturated heterocycles. The van der Waals surface area contributed by atoms with Crippen molar-refractivity contribution < 1.29 is 4.74 Å². The van der Waals surface area contributed by atoms with Gasteiger partial charge < -0.3 is 9.30 Å². The van der Waals surface area contributed by atoms with Crippen molar-refractivity contribution in [3.05, 3.63) is 143 Å². The second-order valence-electron chi connectivity index (χ2n) is 8.63. The lowest BCUT2D eigenvalue weighted by Crippen LogP contribution is -2.28. The minimum absolute atomic E-state index is 0.399. The fourth-order valence-corrected chi connectivity index (χ4v) is 5.50. The van der Waals surface area contributed by atoms with Gasteiger partial charge in [-0.1, -0.05) is 97.1 Å². The van der Waals surface area contributed by atoms with E-state index in [-0.39, 0.29) is 0 Å². The molecule has 33 heavy (non-hydrogen) atoms. The molecule has 160 valence electrons. The van der Waals surface area contributed by atoms with Crippen LogP contribution in [0.3, 0.4) is 0 Å². The first-order valence-corrected chi connectivity index (χ1v) is 11.3. The molecular weight excluding hydrogens is 402 g/mol. The Bertz CT molecular complexity index is 1440. The third-order valence-corrected chi connectivity index (χ3v) is 6.95. The lowest BCUT2D eigenvalue weighted by Gasteiger charge is -2.31. The van der Waals surface area contributed by atoms with Crippen LogP contribution in [-0.2, 0) is 12.5 Å². The fourth-order valence-electron chi connectivity index (χ4n) is 5.50. The Morgan fingerprint density at radius 3 is 1.85 bits per heavy atom. The van der Waals surface area contributed by atoms with Crippen LogP contribution in [0.1, 0.15) is 27.9 Å². The minimum atomic E-state index is -0.399. The van der Waals surface area contributed by atoms with E-state index in [0.29, 0.717) is 0 Å². The molecule has 2 nitrogen and oxygen atoms in total. The number of benzene rings is 4. The molecule has 0 aliphatic heterocycles. The first kappa shape index (κ1) is 19.6. The van der Waals surface area contributed by atoms with Crippen molar-refractivity contribution in [1.29, 1.82) is 0 Å². The number of aryl methyl sites for hydroxylation is 1. The van der Waals surface area contributed by atoms with Crippen molar-refractivity contribution in [3.8, 4) is 5.75 Å². The smallest absolute Gasteiger partial charge is 0.119 e. The maximum atomic E-state index is 5.62. The SMILES string of the molecule is COc1ccc2c(c1)c1c(n2C)C(c2ccccc2)(c2ccccc2)C=C1c1ccccc1. The van der Waals surface area contributed by atoms with Gasteiger partial charge in [0.15, 0.2) is 0 Å². The van der Waals surface area contributed by atoms with Gasteiger partial charge in [-0.05, 0) is 40.5 Å². The van der Waals surface area contributed by atoms with Crippen LogP contribution in [0.15, 0.2) is 115 Å². The first-order valence-electron chi connectivity index (χ1n) is 11.3. The normalized spacial score (nSPS) is 14.2. The van der Waals surface area contributed by atoms with E-state index in [0.717, 1.165) is 5.75 Å². The van der Waals surface area contributed by atoms with E-state index < -0.39 is 5.41 Å². The monoisotopic (exact) mass is 427 g/mol. The molecule has 0 radical (unpaired) electrons. The lowest BCUT2D eigenvalue weighted by atomic mass is 9.73. The second kappa shape index (κ2) is 7.53. The van der Waals surface area contributed by atoms with Crippen molar-refractivity contribution in [2.75, 3.05) is 7.11 Å². The third-order valence-electron chi connectivity index (χ3n) is 6.95. The molecule has 1 aliphatic carbocycles. The molecule has 0 atom stereocenters. The molecule has 2 heteroatoms. The summed E-state index contributed by atoms with van der Waals surface area (Å²) in [6.45, 7) is 0. The van der Waals surface area contributed by atoms with Crippen LogP contribution in [-0.4, -0.2) is 11.7 Å². The summed E-state index contributed by atoms with van der Waals surface area (Å²) in [6, 6.07) is 38.9. The van der Waals surface area contributed by atoms with E-state index in [1.165, 1.54) is 44.4 Å². The second-order valence-corrected chi connectivity index (χ2v) is 8.63. The maximum absolute atomic E-state index is 5.62. The van der Waals surface area contributed by atoms with Gasteiger partial charge in [0.05, 0.1) is 12.5 Å². The standard InChI is InChI=1S/C31H25NO/c1-32-28-19-18-25(33-2)20-26(28)29-27(22-12-6-3-7-13-22)21-31(30(29)32,23-14-8-4-9-15-23)24-16-10-5-11-17-24/h3-21H,1-2H3. The van der Waals surface area contributed by atoms with Crippen LogP contribution in [0.5, 0.6) is 5.75 Å². The van der Waals surface area contributed by atoms with Gasteiger partial charge in [-0.15, -0.1) is 0 Å². The average Bonchev–Trinajstić information content (AvgIpc) is 3.40. The van der Waals surface area contributed by atoms with Gasteiger partial charge in [0.1, 0.15) is 5.75 Å². The van der Waals surface area contributed by atoms with Crippen LogP contribution >= 0.6 is 0 Å². The molecule has 0 bridgehead atoms. The fraction of sp³-hybridized carbons (Fsp3) is 0.0968.